The first-order valence-electron chi connectivity index (χ1n) is 5.38. The van der Waals surface area contributed by atoms with E-state index in [1.54, 1.807) is 10.7 Å². The Bertz CT molecular complexity index is 559. The SMILES string of the molecule is N#Cc1cnn2ccc(N3CCCC3)nc12. The number of rotatable bonds is 1. The van der Waals surface area contributed by atoms with Gasteiger partial charge in [-0.25, -0.2) is 9.50 Å². The van der Waals surface area contributed by atoms with Gasteiger partial charge in [-0.1, -0.05) is 0 Å². The van der Waals surface area contributed by atoms with Crippen molar-refractivity contribution >= 4 is 11.5 Å². The molecular weight excluding hydrogens is 202 g/mol. The van der Waals surface area contributed by atoms with Gasteiger partial charge >= 0.3 is 0 Å². The smallest absolute Gasteiger partial charge is 0.175 e. The van der Waals surface area contributed by atoms with Gasteiger partial charge in [0.2, 0.25) is 0 Å². The maximum absolute atomic E-state index is 8.92. The molecule has 3 heterocycles. The van der Waals surface area contributed by atoms with Gasteiger partial charge in [-0.3, -0.25) is 0 Å². The molecule has 16 heavy (non-hydrogen) atoms. The second-order valence-electron chi connectivity index (χ2n) is 3.92. The average Bonchev–Trinajstić information content (AvgIpc) is 2.97. The number of nitriles is 1. The summed E-state index contributed by atoms with van der Waals surface area (Å²) < 4.78 is 1.64. The fourth-order valence-electron chi connectivity index (χ4n) is 2.06. The minimum Gasteiger partial charge on any atom is -0.357 e. The van der Waals surface area contributed by atoms with E-state index in [1.807, 2.05) is 12.3 Å². The zero-order valence-corrected chi connectivity index (χ0v) is 8.80. The summed E-state index contributed by atoms with van der Waals surface area (Å²) in [7, 11) is 0. The predicted octanol–water partition coefficient (Wildman–Crippen LogP) is 1.20. The van der Waals surface area contributed by atoms with Gasteiger partial charge < -0.3 is 4.90 Å². The van der Waals surface area contributed by atoms with Gasteiger partial charge in [0, 0.05) is 19.3 Å². The van der Waals surface area contributed by atoms with Crippen LogP contribution in [0.15, 0.2) is 18.5 Å². The van der Waals surface area contributed by atoms with Crippen molar-refractivity contribution in [3.05, 3.63) is 24.0 Å². The molecule has 0 amide bonds. The minimum atomic E-state index is 0.529. The topological polar surface area (TPSA) is 57.2 Å². The summed E-state index contributed by atoms with van der Waals surface area (Å²) in [6.45, 7) is 2.11. The van der Waals surface area contributed by atoms with Crippen LogP contribution in [0, 0.1) is 11.3 Å². The van der Waals surface area contributed by atoms with E-state index in [9.17, 15) is 0 Å². The zero-order chi connectivity index (χ0) is 11.0. The molecule has 80 valence electrons. The zero-order valence-electron chi connectivity index (χ0n) is 8.80. The number of anilines is 1. The molecule has 0 aromatic carbocycles. The molecule has 1 aliphatic rings. The number of nitrogens with zero attached hydrogens (tertiary/aromatic N) is 5. The highest BCUT2D eigenvalue weighted by atomic mass is 15.3. The van der Waals surface area contributed by atoms with Crippen LogP contribution < -0.4 is 4.90 Å². The Morgan fingerprint density at radius 3 is 2.88 bits per heavy atom. The maximum Gasteiger partial charge on any atom is 0.175 e. The van der Waals surface area contributed by atoms with Crippen molar-refractivity contribution in [2.75, 3.05) is 18.0 Å². The third kappa shape index (κ3) is 1.31. The lowest BCUT2D eigenvalue weighted by Gasteiger charge is -2.15. The van der Waals surface area contributed by atoms with Crippen molar-refractivity contribution in [3.63, 3.8) is 0 Å². The van der Waals surface area contributed by atoms with E-state index >= 15 is 0 Å². The molecule has 5 heteroatoms. The molecule has 0 aliphatic carbocycles. The molecule has 0 spiro atoms. The predicted molar refractivity (Wildman–Crippen MR) is 59.1 cm³/mol. The summed E-state index contributed by atoms with van der Waals surface area (Å²) in [4.78, 5) is 6.74. The Balaban J connectivity index is 2.10. The molecule has 3 rings (SSSR count). The second-order valence-corrected chi connectivity index (χ2v) is 3.92. The summed E-state index contributed by atoms with van der Waals surface area (Å²) in [6.07, 6.45) is 5.85. The van der Waals surface area contributed by atoms with Crippen LogP contribution in [0.1, 0.15) is 18.4 Å². The van der Waals surface area contributed by atoms with Gasteiger partial charge in [0.05, 0.1) is 6.20 Å². The maximum atomic E-state index is 8.92. The monoisotopic (exact) mass is 213 g/mol. The van der Waals surface area contributed by atoms with E-state index in [2.05, 4.69) is 21.1 Å². The first-order chi connectivity index (χ1) is 7.88. The van der Waals surface area contributed by atoms with Crippen LogP contribution in [0.25, 0.3) is 5.65 Å². The first kappa shape index (κ1) is 9.16. The van der Waals surface area contributed by atoms with Crippen molar-refractivity contribution in [2.45, 2.75) is 12.8 Å². The van der Waals surface area contributed by atoms with Crippen molar-refractivity contribution in [2.24, 2.45) is 0 Å². The Kier molecular flexibility index (Phi) is 2.00. The van der Waals surface area contributed by atoms with E-state index in [4.69, 9.17) is 5.26 Å². The lowest BCUT2D eigenvalue weighted by atomic mass is 10.4. The van der Waals surface area contributed by atoms with Gasteiger partial charge in [-0.05, 0) is 18.9 Å². The molecule has 1 saturated heterocycles. The first-order valence-corrected chi connectivity index (χ1v) is 5.38. The van der Waals surface area contributed by atoms with Crippen LogP contribution in [0.2, 0.25) is 0 Å². The highest BCUT2D eigenvalue weighted by Crippen LogP contribution is 2.19. The van der Waals surface area contributed by atoms with Crippen LogP contribution in [-0.2, 0) is 0 Å². The number of hydrogen-bond donors (Lipinski definition) is 0. The third-order valence-electron chi connectivity index (χ3n) is 2.90. The highest BCUT2D eigenvalue weighted by Gasteiger charge is 2.14. The molecule has 1 fully saturated rings. The molecule has 1 aliphatic heterocycles. The fraction of sp³-hybridized carbons (Fsp3) is 0.364. The Morgan fingerprint density at radius 2 is 2.12 bits per heavy atom. The largest absolute Gasteiger partial charge is 0.357 e. The van der Waals surface area contributed by atoms with Gasteiger partial charge in [0.25, 0.3) is 0 Å². The third-order valence-corrected chi connectivity index (χ3v) is 2.90. The quantitative estimate of drug-likeness (QED) is 0.714. The molecule has 0 atom stereocenters. The summed E-state index contributed by atoms with van der Waals surface area (Å²) in [5.74, 6) is 0.946. The lowest BCUT2D eigenvalue weighted by Crippen LogP contribution is -2.19. The summed E-state index contributed by atoms with van der Waals surface area (Å²) >= 11 is 0. The second kappa shape index (κ2) is 3.49. The Hall–Kier alpha value is -2.09. The molecule has 2 aromatic rings. The molecular formula is C11H11N5. The normalized spacial score (nSPS) is 15.6. The highest BCUT2D eigenvalue weighted by molar-refractivity contribution is 5.57. The molecule has 5 nitrogen and oxygen atoms in total. The van der Waals surface area contributed by atoms with Crippen molar-refractivity contribution in [3.8, 4) is 6.07 Å². The van der Waals surface area contributed by atoms with Gasteiger partial charge in [0.1, 0.15) is 17.5 Å². The Labute approximate surface area is 92.9 Å². The number of aromatic nitrogens is 3. The fourth-order valence-corrected chi connectivity index (χ4v) is 2.06. The molecule has 2 aromatic heterocycles. The molecule has 0 radical (unpaired) electrons. The van der Waals surface area contributed by atoms with E-state index in [0.717, 1.165) is 18.9 Å². The van der Waals surface area contributed by atoms with Gasteiger partial charge in [-0.15, -0.1) is 0 Å². The van der Waals surface area contributed by atoms with E-state index in [0.29, 0.717) is 11.2 Å². The lowest BCUT2D eigenvalue weighted by molar-refractivity contribution is 0.898. The molecule has 0 bridgehead atoms. The van der Waals surface area contributed by atoms with Crippen LogP contribution in [0.5, 0.6) is 0 Å². The molecule has 0 saturated carbocycles. The van der Waals surface area contributed by atoms with Gasteiger partial charge in [-0.2, -0.15) is 10.4 Å². The van der Waals surface area contributed by atoms with E-state index in [-0.39, 0.29) is 0 Å². The molecule has 0 unspecified atom stereocenters. The number of hydrogen-bond acceptors (Lipinski definition) is 4. The van der Waals surface area contributed by atoms with E-state index in [1.165, 1.54) is 12.8 Å². The van der Waals surface area contributed by atoms with E-state index < -0.39 is 0 Å². The van der Waals surface area contributed by atoms with Gasteiger partial charge in [0.15, 0.2) is 5.65 Å². The van der Waals surface area contributed by atoms with Crippen LogP contribution in [0.4, 0.5) is 5.82 Å². The number of fused-ring (bicyclic) bond motifs is 1. The summed E-state index contributed by atoms with van der Waals surface area (Å²) in [5.41, 5.74) is 1.17. The standard InChI is InChI=1S/C11H11N5/c12-7-9-8-13-16-6-3-10(14-11(9)16)15-4-1-2-5-15/h3,6,8H,1-2,4-5H2. The van der Waals surface area contributed by atoms with Crippen molar-refractivity contribution in [1.29, 1.82) is 5.26 Å². The molecule has 0 N–H and O–H groups in total. The van der Waals surface area contributed by atoms with Crippen molar-refractivity contribution in [1.82, 2.24) is 14.6 Å². The minimum absolute atomic E-state index is 0.529. The Morgan fingerprint density at radius 1 is 1.31 bits per heavy atom. The van der Waals surface area contributed by atoms with Crippen LogP contribution in [0.3, 0.4) is 0 Å². The van der Waals surface area contributed by atoms with Crippen molar-refractivity contribution < 1.29 is 0 Å². The average molecular weight is 213 g/mol. The summed E-state index contributed by atoms with van der Waals surface area (Å²) in [6, 6.07) is 4.05. The van der Waals surface area contributed by atoms with Crippen LogP contribution >= 0.6 is 0 Å². The van der Waals surface area contributed by atoms with Crippen LogP contribution in [-0.4, -0.2) is 27.7 Å². The summed E-state index contributed by atoms with van der Waals surface area (Å²) in [5, 5.41) is 13.0.